The Morgan fingerprint density at radius 2 is 1.63 bits per heavy atom. The minimum absolute atomic E-state index is 0.0651. The number of carbonyl (C=O) groups excluding carboxylic acids is 3. The smallest absolute Gasteiger partial charge is 0.251 e. The molecule has 3 aromatic rings. The van der Waals surface area contributed by atoms with Crippen molar-refractivity contribution in [2.45, 2.75) is 32.5 Å². The Balaban J connectivity index is 1.55. The molecular weight excluding hydrogens is 516 g/mol. The number of nitrogens with zero attached hydrogens (tertiary/aromatic N) is 4. The zero-order chi connectivity index (χ0) is 29.1. The Bertz CT molecular complexity index is 1430. The van der Waals surface area contributed by atoms with Gasteiger partial charge in [0.2, 0.25) is 11.8 Å². The van der Waals surface area contributed by atoms with Gasteiger partial charge in [-0.1, -0.05) is 48.5 Å². The van der Waals surface area contributed by atoms with Crippen LogP contribution in [0.2, 0.25) is 0 Å². The standard InChI is InChI=1S/C32H40N6O3/c1-22-13-14-24-9-5-6-10-25(24)26(22)19-38-29-12-8-7-11-28(29)37(30(39)21-36-17-15-35(4)16-18-36)20-27(32(38)41)34-31(40)23(2)33-3/h5-14,23,27,33H,15-21H2,1-4H3,(H,34,40)/t23?,27-/m0/s1. The van der Waals surface area contributed by atoms with Crippen molar-refractivity contribution in [3.63, 3.8) is 0 Å². The Labute approximate surface area is 242 Å². The molecule has 1 unspecified atom stereocenters. The molecule has 41 heavy (non-hydrogen) atoms. The molecule has 3 aromatic carbocycles. The second-order valence-corrected chi connectivity index (χ2v) is 11.2. The van der Waals surface area contributed by atoms with Crippen molar-refractivity contribution in [3.05, 3.63) is 71.8 Å². The molecule has 2 atom stereocenters. The minimum Gasteiger partial charge on any atom is -0.341 e. The summed E-state index contributed by atoms with van der Waals surface area (Å²) in [5.74, 6) is -0.611. The van der Waals surface area contributed by atoms with Crippen molar-refractivity contribution in [3.8, 4) is 0 Å². The van der Waals surface area contributed by atoms with E-state index in [2.05, 4.69) is 58.7 Å². The fourth-order valence-electron chi connectivity index (χ4n) is 5.62. The highest BCUT2D eigenvalue weighted by Gasteiger charge is 2.38. The van der Waals surface area contributed by atoms with Crippen LogP contribution in [0.15, 0.2) is 60.7 Å². The van der Waals surface area contributed by atoms with Gasteiger partial charge in [-0.2, -0.15) is 0 Å². The van der Waals surface area contributed by atoms with Gasteiger partial charge in [0.05, 0.1) is 37.1 Å². The van der Waals surface area contributed by atoms with E-state index in [0.717, 1.165) is 48.1 Å². The molecule has 9 nitrogen and oxygen atoms in total. The average molecular weight is 557 g/mol. The molecule has 0 bridgehead atoms. The monoisotopic (exact) mass is 556 g/mol. The van der Waals surface area contributed by atoms with Gasteiger partial charge >= 0.3 is 0 Å². The van der Waals surface area contributed by atoms with Gasteiger partial charge in [-0.15, -0.1) is 0 Å². The molecule has 2 heterocycles. The van der Waals surface area contributed by atoms with Gasteiger partial charge in [0.1, 0.15) is 6.04 Å². The van der Waals surface area contributed by atoms with Crippen molar-refractivity contribution >= 4 is 39.9 Å². The van der Waals surface area contributed by atoms with E-state index < -0.39 is 12.1 Å². The molecule has 216 valence electrons. The molecule has 2 N–H and O–H groups in total. The molecule has 5 rings (SSSR count). The predicted molar refractivity (Wildman–Crippen MR) is 163 cm³/mol. The number of hydrogen-bond donors (Lipinski definition) is 2. The third kappa shape index (κ3) is 6.12. The molecule has 0 radical (unpaired) electrons. The number of carbonyl (C=O) groups is 3. The van der Waals surface area contributed by atoms with Gasteiger partial charge < -0.3 is 25.3 Å². The van der Waals surface area contributed by atoms with Crippen LogP contribution in [0.3, 0.4) is 0 Å². The first-order valence-corrected chi connectivity index (χ1v) is 14.3. The fraction of sp³-hybridized carbons (Fsp3) is 0.406. The van der Waals surface area contributed by atoms with Gasteiger partial charge in [-0.25, -0.2) is 0 Å². The highest BCUT2D eigenvalue weighted by atomic mass is 16.2. The average Bonchev–Trinajstić information content (AvgIpc) is 3.09. The molecule has 0 spiro atoms. The maximum absolute atomic E-state index is 14.3. The fourth-order valence-corrected chi connectivity index (χ4v) is 5.62. The summed E-state index contributed by atoms with van der Waals surface area (Å²) in [5.41, 5.74) is 3.45. The van der Waals surface area contributed by atoms with Crippen LogP contribution in [-0.4, -0.2) is 93.0 Å². The molecule has 1 saturated heterocycles. The molecular formula is C32H40N6O3. The van der Waals surface area contributed by atoms with E-state index in [0.29, 0.717) is 17.9 Å². The lowest BCUT2D eigenvalue weighted by molar-refractivity contribution is -0.128. The minimum atomic E-state index is -0.905. The van der Waals surface area contributed by atoms with Crippen LogP contribution in [0.5, 0.6) is 0 Å². The highest BCUT2D eigenvalue weighted by molar-refractivity contribution is 6.08. The van der Waals surface area contributed by atoms with E-state index in [9.17, 15) is 14.4 Å². The Kier molecular flexibility index (Phi) is 8.68. The molecule has 0 aliphatic carbocycles. The van der Waals surface area contributed by atoms with Gasteiger partial charge in [-0.05, 0) is 62.0 Å². The molecule has 9 heteroatoms. The lowest BCUT2D eigenvalue weighted by Crippen LogP contribution is -2.56. The SMILES string of the molecule is CNC(C)C(=O)N[C@H]1CN(C(=O)CN2CCN(C)CC2)c2ccccc2N(Cc2c(C)ccc3ccccc23)C1=O. The number of nitrogens with one attached hydrogen (secondary N) is 2. The quantitative estimate of drug-likeness (QED) is 0.465. The van der Waals surface area contributed by atoms with Crippen LogP contribution >= 0.6 is 0 Å². The second-order valence-electron chi connectivity index (χ2n) is 11.2. The number of aryl methyl sites for hydroxylation is 1. The van der Waals surface area contributed by atoms with Gasteiger partial charge in [0, 0.05) is 26.2 Å². The van der Waals surface area contributed by atoms with Gasteiger partial charge in [0.15, 0.2) is 0 Å². The Morgan fingerprint density at radius 1 is 0.951 bits per heavy atom. The zero-order valence-corrected chi connectivity index (χ0v) is 24.4. The van der Waals surface area contributed by atoms with E-state index in [1.54, 1.807) is 23.8 Å². The van der Waals surface area contributed by atoms with Gasteiger partial charge in [-0.3, -0.25) is 19.3 Å². The number of amides is 3. The topological polar surface area (TPSA) is 88.2 Å². The van der Waals surface area contributed by atoms with E-state index in [1.807, 2.05) is 36.4 Å². The summed E-state index contributed by atoms with van der Waals surface area (Å²) in [6.07, 6.45) is 0. The normalized spacial score (nSPS) is 19.1. The summed E-state index contributed by atoms with van der Waals surface area (Å²) in [4.78, 5) is 49.1. The number of para-hydroxylation sites is 2. The molecule has 3 amide bonds. The number of anilines is 2. The predicted octanol–water partition coefficient (Wildman–Crippen LogP) is 2.37. The van der Waals surface area contributed by atoms with E-state index in [-0.39, 0.29) is 30.8 Å². The molecule has 1 fully saturated rings. The number of fused-ring (bicyclic) bond motifs is 2. The lowest BCUT2D eigenvalue weighted by atomic mass is 9.99. The summed E-state index contributed by atoms with van der Waals surface area (Å²) in [6.45, 7) is 7.86. The number of benzene rings is 3. The number of likely N-dealkylation sites (N-methyl/N-ethyl adjacent to an activating group) is 2. The largest absolute Gasteiger partial charge is 0.341 e. The van der Waals surface area contributed by atoms with Crippen LogP contribution in [0, 0.1) is 6.92 Å². The summed E-state index contributed by atoms with van der Waals surface area (Å²) in [6, 6.07) is 18.5. The molecule has 0 saturated carbocycles. The second kappa shape index (κ2) is 12.4. The zero-order valence-electron chi connectivity index (χ0n) is 24.4. The highest BCUT2D eigenvalue weighted by Crippen LogP contribution is 2.35. The number of hydrogen-bond acceptors (Lipinski definition) is 6. The number of piperazine rings is 1. The van der Waals surface area contributed by atoms with Crippen LogP contribution in [-0.2, 0) is 20.9 Å². The Morgan fingerprint density at radius 3 is 2.37 bits per heavy atom. The summed E-state index contributed by atoms with van der Waals surface area (Å²) in [5, 5.41) is 8.07. The first-order valence-electron chi connectivity index (χ1n) is 14.3. The maximum Gasteiger partial charge on any atom is 0.251 e. The van der Waals surface area contributed by atoms with Crippen LogP contribution < -0.4 is 20.4 Å². The molecule has 2 aliphatic heterocycles. The van der Waals surface area contributed by atoms with Crippen molar-refractivity contribution in [1.29, 1.82) is 0 Å². The van der Waals surface area contributed by atoms with Crippen LogP contribution in [0.4, 0.5) is 11.4 Å². The summed E-state index contributed by atoms with van der Waals surface area (Å²) >= 11 is 0. The summed E-state index contributed by atoms with van der Waals surface area (Å²) in [7, 11) is 3.79. The van der Waals surface area contributed by atoms with E-state index in [4.69, 9.17) is 0 Å². The first kappa shape index (κ1) is 28.7. The van der Waals surface area contributed by atoms with Crippen molar-refractivity contribution < 1.29 is 14.4 Å². The number of rotatable bonds is 7. The van der Waals surface area contributed by atoms with Crippen molar-refractivity contribution in [2.24, 2.45) is 0 Å². The third-order valence-electron chi connectivity index (χ3n) is 8.38. The van der Waals surface area contributed by atoms with Crippen LogP contribution in [0.25, 0.3) is 10.8 Å². The first-order chi connectivity index (χ1) is 19.8. The van der Waals surface area contributed by atoms with Crippen LogP contribution in [0.1, 0.15) is 18.1 Å². The van der Waals surface area contributed by atoms with Gasteiger partial charge in [0.25, 0.3) is 5.91 Å². The summed E-state index contributed by atoms with van der Waals surface area (Å²) < 4.78 is 0. The third-order valence-corrected chi connectivity index (χ3v) is 8.38. The van der Waals surface area contributed by atoms with E-state index in [1.165, 1.54) is 0 Å². The van der Waals surface area contributed by atoms with E-state index >= 15 is 0 Å². The molecule has 0 aromatic heterocycles. The van der Waals surface area contributed by atoms with Crippen molar-refractivity contribution in [2.75, 3.05) is 63.2 Å². The molecule has 2 aliphatic rings. The Hall–Kier alpha value is -3.79. The van der Waals surface area contributed by atoms with Crippen molar-refractivity contribution in [1.82, 2.24) is 20.4 Å². The maximum atomic E-state index is 14.3. The lowest BCUT2D eigenvalue weighted by Gasteiger charge is -2.34.